The number of benzene rings is 2. The number of rotatable bonds is 2. The number of aromatic nitrogens is 1. The molecule has 4 rings (SSSR count). The summed E-state index contributed by atoms with van der Waals surface area (Å²) in [6.07, 6.45) is 0. The molecule has 0 fully saturated rings. The fourth-order valence-corrected chi connectivity index (χ4v) is 4.45. The van der Waals surface area contributed by atoms with Crippen LogP contribution in [0.3, 0.4) is 0 Å². The van der Waals surface area contributed by atoms with Crippen LogP contribution in [0.25, 0.3) is 31.9 Å². The molecule has 2 heteroatoms. The van der Waals surface area contributed by atoms with Gasteiger partial charge in [-0.25, -0.2) is 4.98 Å². The van der Waals surface area contributed by atoms with E-state index in [1.165, 1.54) is 43.0 Å². The summed E-state index contributed by atoms with van der Waals surface area (Å²) in [6.45, 7) is 8.58. The molecule has 0 unspecified atom stereocenters. The summed E-state index contributed by atoms with van der Waals surface area (Å²) in [7, 11) is 0. The molecule has 0 aliphatic carbocycles. The molecule has 4 aromatic rings. The fraction of sp³-hybridized carbons (Fsp3) is 0.174. The van der Waals surface area contributed by atoms with E-state index in [0.29, 0.717) is 0 Å². The second-order valence-electron chi connectivity index (χ2n) is 6.94. The number of thiophene rings is 1. The van der Waals surface area contributed by atoms with Gasteiger partial charge in [0, 0.05) is 10.4 Å². The molecule has 0 aliphatic heterocycles. The van der Waals surface area contributed by atoms with E-state index in [1.807, 2.05) is 11.3 Å². The summed E-state index contributed by atoms with van der Waals surface area (Å²) < 4.78 is 1.24. The van der Waals surface area contributed by atoms with E-state index in [-0.39, 0.29) is 0 Å². The third-order valence-corrected chi connectivity index (χ3v) is 5.54. The highest BCUT2D eigenvalue weighted by molar-refractivity contribution is 7.22. The minimum absolute atomic E-state index is 1.05. The van der Waals surface area contributed by atoms with Crippen LogP contribution in [0, 0.1) is 27.7 Å². The van der Waals surface area contributed by atoms with E-state index in [4.69, 9.17) is 4.98 Å². The summed E-state index contributed by atoms with van der Waals surface area (Å²) >= 11 is 1.82. The van der Waals surface area contributed by atoms with Gasteiger partial charge < -0.3 is 0 Å². The maximum atomic E-state index is 4.93. The summed E-state index contributed by atoms with van der Waals surface area (Å²) in [5, 5.41) is 0. The molecule has 2 heterocycles. The van der Waals surface area contributed by atoms with Crippen molar-refractivity contribution in [1.82, 2.24) is 4.98 Å². The average molecular weight is 343 g/mol. The molecule has 2 aromatic heterocycles. The quantitative estimate of drug-likeness (QED) is 0.387. The molecule has 0 saturated heterocycles. The van der Waals surface area contributed by atoms with Crippen LogP contribution in [0.4, 0.5) is 0 Å². The third-order valence-electron chi connectivity index (χ3n) is 4.40. The normalized spacial score (nSPS) is 11.2. The standard InChI is InChI=1S/C23H21NS/c1-14-7-15(2)10-18(9-14)20-5-6-22-21(24-20)13-23(25-22)19-11-16(3)8-17(4)12-19/h5-13H,1-4H3. The largest absolute Gasteiger partial charge is 0.247 e. The number of hydrogen-bond donors (Lipinski definition) is 0. The Morgan fingerprint density at radius 1 is 0.640 bits per heavy atom. The predicted octanol–water partition coefficient (Wildman–Crippen LogP) is 6.86. The molecular weight excluding hydrogens is 322 g/mol. The van der Waals surface area contributed by atoms with Crippen LogP contribution in [0.1, 0.15) is 22.3 Å². The molecule has 0 bridgehead atoms. The topological polar surface area (TPSA) is 12.9 Å². The molecule has 25 heavy (non-hydrogen) atoms. The van der Waals surface area contributed by atoms with Crippen LogP contribution in [-0.2, 0) is 0 Å². The molecule has 124 valence electrons. The van der Waals surface area contributed by atoms with Gasteiger partial charge in [0.2, 0.25) is 0 Å². The maximum absolute atomic E-state index is 4.93. The first-order valence-electron chi connectivity index (χ1n) is 8.56. The van der Waals surface area contributed by atoms with Crippen molar-refractivity contribution >= 4 is 21.6 Å². The number of fused-ring (bicyclic) bond motifs is 1. The van der Waals surface area contributed by atoms with Gasteiger partial charge in [-0.15, -0.1) is 11.3 Å². The van der Waals surface area contributed by atoms with Crippen molar-refractivity contribution in [3.63, 3.8) is 0 Å². The predicted molar refractivity (Wildman–Crippen MR) is 109 cm³/mol. The van der Waals surface area contributed by atoms with E-state index in [9.17, 15) is 0 Å². The van der Waals surface area contributed by atoms with E-state index >= 15 is 0 Å². The Hall–Kier alpha value is -2.45. The lowest BCUT2D eigenvalue weighted by molar-refractivity contribution is 1.35. The zero-order valence-corrected chi connectivity index (χ0v) is 15.9. The minimum Gasteiger partial charge on any atom is -0.247 e. The zero-order chi connectivity index (χ0) is 17.6. The Labute approximate surface area is 153 Å². The van der Waals surface area contributed by atoms with Crippen LogP contribution >= 0.6 is 11.3 Å². The Balaban J connectivity index is 1.81. The van der Waals surface area contributed by atoms with Crippen LogP contribution in [-0.4, -0.2) is 4.98 Å². The molecule has 0 aliphatic rings. The van der Waals surface area contributed by atoms with Crippen LogP contribution in [0.2, 0.25) is 0 Å². The Morgan fingerprint density at radius 2 is 1.20 bits per heavy atom. The first-order valence-corrected chi connectivity index (χ1v) is 9.37. The van der Waals surface area contributed by atoms with Crippen molar-refractivity contribution in [3.8, 4) is 21.7 Å². The van der Waals surface area contributed by atoms with Gasteiger partial charge in [-0.2, -0.15) is 0 Å². The second-order valence-corrected chi connectivity index (χ2v) is 8.03. The first-order chi connectivity index (χ1) is 12.0. The van der Waals surface area contributed by atoms with Gasteiger partial charge >= 0.3 is 0 Å². The van der Waals surface area contributed by atoms with E-state index in [0.717, 1.165) is 11.2 Å². The second kappa shape index (κ2) is 6.12. The van der Waals surface area contributed by atoms with Gasteiger partial charge in [-0.05, 0) is 63.6 Å². The van der Waals surface area contributed by atoms with E-state index < -0.39 is 0 Å². The van der Waals surface area contributed by atoms with Gasteiger partial charge in [-0.3, -0.25) is 0 Å². The van der Waals surface area contributed by atoms with Crippen molar-refractivity contribution < 1.29 is 0 Å². The smallest absolute Gasteiger partial charge is 0.0823 e. The lowest BCUT2D eigenvalue weighted by atomic mass is 10.0. The average Bonchev–Trinajstić information content (AvgIpc) is 2.96. The minimum atomic E-state index is 1.05. The van der Waals surface area contributed by atoms with Crippen molar-refractivity contribution in [2.75, 3.05) is 0 Å². The molecule has 0 atom stereocenters. The molecule has 0 N–H and O–H groups in total. The van der Waals surface area contributed by atoms with Crippen molar-refractivity contribution in [3.05, 3.63) is 76.9 Å². The molecule has 0 radical (unpaired) electrons. The highest BCUT2D eigenvalue weighted by Gasteiger charge is 2.09. The van der Waals surface area contributed by atoms with Gasteiger partial charge in [-0.1, -0.05) is 46.5 Å². The molecule has 1 nitrogen and oxygen atoms in total. The van der Waals surface area contributed by atoms with Crippen LogP contribution < -0.4 is 0 Å². The van der Waals surface area contributed by atoms with Crippen LogP contribution in [0.15, 0.2) is 54.6 Å². The molecule has 0 amide bonds. The lowest BCUT2D eigenvalue weighted by Gasteiger charge is -2.04. The van der Waals surface area contributed by atoms with Crippen LogP contribution in [0.5, 0.6) is 0 Å². The van der Waals surface area contributed by atoms with Crippen molar-refractivity contribution in [2.45, 2.75) is 27.7 Å². The van der Waals surface area contributed by atoms with Gasteiger partial charge in [0.15, 0.2) is 0 Å². The Bertz CT molecular complexity index is 999. The number of hydrogen-bond acceptors (Lipinski definition) is 2. The monoisotopic (exact) mass is 343 g/mol. The molecular formula is C23H21NS. The summed E-state index contributed by atoms with van der Waals surface area (Å²) in [5.74, 6) is 0. The number of pyridine rings is 1. The summed E-state index contributed by atoms with van der Waals surface area (Å²) in [4.78, 5) is 6.21. The summed E-state index contributed by atoms with van der Waals surface area (Å²) in [6, 6.07) is 19.9. The molecule has 0 saturated carbocycles. The number of nitrogens with zero attached hydrogens (tertiary/aromatic N) is 1. The van der Waals surface area contributed by atoms with Crippen molar-refractivity contribution in [1.29, 1.82) is 0 Å². The summed E-state index contributed by atoms with van der Waals surface area (Å²) in [5.41, 5.74) is 9.76. The molecule has 0 spiro atoms. The Kier molecular flexibility index (Phi) is 3.93. The Morgan fingerprint density at radius 3 is 1.80 bits per heavy atom. The van der Waals surface area contributed by atoms with Crippen molar-refractivity contribution in [2.24, 2.45) is 0 Å². The van der Waals surface area contributed by atoms with Gasteiger partial charge in [0.25, 0.3) is 0 Å². The first kappa shape index (κ1) is 16.0. The highest BCUT2D eigenvalue weighted by atomic mass is 32.1. The lowest BCUT2D eigenvalue weighted by Crippen LogP contribution is -1.86. The highest BCUT2D eigenvalue weighted by Crippen LogP contribution is 2.35. The molecule has 2 aromatic carbocycles. The van der Waals surface area contributed by atoms with Gasteiger partial charge in [0.05, 0.1) is 15.9 Å². The maximum Gasteiger partial charge on any atom is 0.0823 e. The third kappa shape index (κ3) is 3.22. The number of aryl methyl sites for hydroxylation is 4. The SMILES string of the molecule is Cc1cc(C)cc(-c2ccc3sc(-c4cc(C)cc(C)c4)cc3n2)c1. The van der Waals surface area contributed by atoms with E-state index in [2.05, 4.69) is 82.3 Å². The fourth-order valence-electron chi connectivity index (χ4n) is 3.47. The van der Waals surface area contributed by atoms with Gasteiger partial charge in [0.1, 0.15) is 0 Å². The van der Waals surface area contributed by atoms with E-state index in [1.54, 1.807) is 0 Å². The zero-order valence-electron chi connectivity index (χ0n) is 15.1.